The van der Waals surface area contributed by atoms with Gasteiger partial charge in [-0.3, -0.25) is 0 Å². The van der Waals surface area contributed by atoms with Crippen LogP contribution >= 0.6 is 0 Å². The Morgan fingerprint density at radius 3 is 2.58 bits per heavy atom. The van der Waals surface area contributed by atoms with E-state index in [1.165, 1.54) is 17.0 Å². The molecule has 5 heteroatoms. The molecule has 0 spiro atoms. The number of quaternary nitrogens is 1. The number of carbonyl (C=O) groups is 1. The van der Waals surface area contributed by atoms with Crippen molar-refractivity contribution in [2.75, 3.05) is 32.1 Å². The second-order valence-electron chi connectivity index (χ2n) is 5.25. The summed E-state index contributed by atoms with van der Waals surface area (Å²) in [6.07, 6.45) is 2.04. The molecule has 0 saturated carbocycles. The fourth-order valence-corrected chi connectivity index (χ4v) is 2.60. The summed E-state index contributed by atoms with van der Waals surface area (Å²) in [6.45, 7) is 2.15. The number of hydrogen-bond donors (Lipinski definition) is 1. The van der Waals surface area contributed by atoms with Crippen molar-refractivity contribution >= 4 is 11.7 Å². The summed E-state index contributed by atoms with van der Waals surface area (Å²) in [5.41, 5.74) is 0.331. The molecule has 0 unspecified atom stereocenters. The highest BCUT2D eigenvalue weighted by atomic mass is 19.1. The molecule has 1 aromatic carbocycles. The summed E-state index contributed by atoms with van der Waals surface area (Å²) in [4.78, 5) is 14.1. The highest BCUT2D eigenvalue weighted by Crippen LogP contribution is 2.23. The molecule has 1 N–H and O–H groups in total. The maximum absolute atomic E-state index is 14.0. The summed E-state index contributed by atoms with van der Waals surface area (Å²) in [6, 6.07) is 4.25. The highest BCUT2D eigenvalue weighted by molar-refractivity contribution is 5.86. The van der Waals surface area contributed by atoms with Crippen molar-refractivity contribution in [2.45, 2.75) is 18.9 Å². The number of anilines is 1. The number of nitrogens with zero attached hydrogens (tertiary/aromatic N) is 1. The van der Waals surface area contributed by atoms with Crippen LogP contribution in [-0.4, -0.2) is 39.2 Å². The van der Waals surface area contributed by atoms with E-state index in [1.54, 1.807) is 0 Å². The fourth-order valence-electron chi connectivity index (χ4n) is 2.60. The summed E-state index contributed by atoms with van der Waals surface area (Å²) >= 11 is 0. The van der Waals surface area contributed by atoms with Gasteiger partial charge >= 0.3 is 0 Å². The van der Waals surface area contributed by atoms with E-state index in [-0.39, 0.29) is 5.56 Å². The molecule has 2 rings (SSSR count). The van der Waals surface area contributed by atoms with Crippen molar-refractivity contribution in [1.82, 2.24) is 0 Å². The SMILES string of the molecule is CN(c1ccc(C(=O)[O-])cc1F)C1CC[NH+](C)CC1. The number of carbonyl (C=O) groups excluding carboxylic acids is 1. The zero-order chi connectivity index (χ0) is 14.0. The quantitative estimate of drug-likeness (QED) is 0.787. The van der Waals surface area contributed by atoms with Crippen LogP contribution in [0.5, 0.6) is 0 Å². The van der Waals surface area contributed by atoms with Crippen molar-refractivity contribution in [1.29, 1.82) is 0 Å². The van der Waals surface area contributed by atoms with Crippen LogP contribution in [0.3, 0.4) is 0 Å². The van der Waals surface area contributed by atoms with Gasteiger partial charge in [0.15, 0.2) is 0 Å². The van der Waals surface area contributed by atoms with Gasteiger partial charge in [-0.2, -0.15) is 0 Å². The van der Waals surface area contributed by atoms with Gasteiger partial charge in [0.25, 0.3) is 0 Å². The van der Waals surface area contributed by atoms with Gasteiger partial charge in [-0.05, 0) is 12.1 Å². The van der Waals surface area contributed by atoms with Gasteiger partial charge in [0.05, 0.1) is 31.8 Å². The van der Waals surface area contributed by atoms with Crippen molar-refractivity contribution < 1.29 is 19.2 Å². The minimum Gasteiger partial charge on any atom is -0.545 e. The number of hydrogen-bond acceptors (Lipinski definition) is 3. The van der Waals surface area contributed by atoms with E-state index in [9.17, 15) is 14.3 Å². The molecule has 0 atom stereocenters. The van der Waals surface area contributed by atoms with E-state index in [0.717, 1.165) is 32.0 Å². The highest BCUT2D eigenvalue weighted by Gasteiger charge is 2.24. The molecule has 104 valence electrons. The molecule has 0 bridgehead atoms. The molecule has 1 aliphatic rings. The van der Waals surface area contributed by atoms with Crippen LogP contribution in [0.25, 0.3) is 0 Å². The first kappa shape index (κ1) is 13.8. The molecule has 4 nitrogen and oxygen atoms in total. The van der Waals surface area contributed by atoms with Gasteiger partial charge in [-0.15, -0.1) is 0 Å². The number of carboxylic acid groups (broad SMARTS) is 1. The number of halogens is 1. The average Bonchev–Trinajstić information content (AvgIpc) is 2.38. The molecule has 0 radical (unpaired) electrons. The van der Waals surface area contributed by atoms with Crippen LogP contribution in [0.15, 0.2) is 18.2 Å². The smallest absolute Gasteiger partial charge is 0.147 e. The molecule has 0 aliphatic carbocycles. The average molecular weight is 266 g/mol. The van der Waals surface area contributed by atoms with Gasteiger partial charge in [-0.1, -0.05) is 6.07 Å². The third-order valence-electron chi connectivity index (χ3n) is 3.92. The van der Waals surface area contributed by atoms with Crippen LogP contribution in [-0.2, 0) is 0 Å². The lowest BCUT2D eigenvalue weighted by Gasteiger charge is -2.34. The molecular formula is C14H19FN2O2. The molecular weight excluding hydrogens is 247 g/mol. The minimum absolute atomic E-state index is 0.123. The molecule has 0 amide bonds. The summed E-state index contributed by atoms with van der Waals surface area (Å²) in [5.74, 6) is -1.86. The van der Waals surface area contributed by atoms with E-state index in [4.69, 9.17) is 0 Å². The third-order valence-corrected chi connectivity index (χ3v) is 3.92. The maximum Gasteiger partial charge on any atom is 0.147 e. The van der Waals surface area contributed by atoms with Crippen LogP contribution in [0.4, 0.5) is 10.1 Å². The Hall–Kier alpha value is -1.62. The van der Waals surface area contributed by atoms with Crippen molar-refractivity contribution in [2.24, 2.45) is 0 Å². The monoisotopic (exact) mass is 266 g/mol. The first-order valence-electron chi connectivity index (χ1n) is 6.54. The zero-order valence-electron chi connectivity index (χ0n) is 11.3. The molecule has 1 aliphatic heterocycles. The number of nitrogens with one attached hydrogen (secondary N) is 1. The Morgan fingerprint density at radius 1 is 1.42 bits per heavy atom. The summed E-state index contributed by atoms with van der Waals surface area (Å²) in [5, 5.41) is 10.7. The standard InChI is InChI=1S/C14H19FN2O2/c1-16-7-5-11(6-8-16)17(2)13-4-3-10(14(18)19)9-12(13)15/h3-4,9,11H,5-8H2,1-2H3,(H,18,19). The molecule has 1 aromatic rings. The van der Waals surface area contributed by atoms with E-state index >= 15 is 0 Å². The number of carboxylic acids is 1. The Kier molecular flexibility index (Phi) is 4.04. The van der Waals surface area contributed by atoms with E-state index in [2.05, 4.69) is 7.05 Å². The Bertz CT molecular complexity index is 471. The van der Waals surface area contributed by atoms with Gasteiger partial charge in [0, 0.05) is 31.5 Å². The number of piperidine rings is 1. The predicted molar refractivity (Wildman–Crippen MR) is 68.8 cm³/mol. The Balaban J connectivity index is 2.15. The van der Waals surface area contributed by atoms with Gasteiger partial charge in [0.2, 0.25) is 0 Å². The predicted octanol–water partition coefficient (Wildman–Crippen LogP) is -0.697. The fraction of sp³-hybridized carbons (Fsp3) is 0.500. The second-order valence-corrected chi connectivity index (χ2v) is 5.25. The maximum atomic E-state index is 14.0. The molecule has 1 saturated heterocycles. The van der Waals surface area contributed by atoms with Crippen molar-refractivity contribution in [3.63, 3.8) is 0 Å². The third kappa shape index (κ3) is 3.04. The lowest BCUT2D eigenvalue weighted by atomic mass is 10.0. The van der Waals surface area contributed by atoms with Gasteiger partial charge in [-0.25, -0.2) is 4.39 Å². The zero-order valence-corrected chi connectivity index (χ0v) is 11.3. The normalized spacial score (nSPS) is 23.1. The number of aromatic carboxylic acids is 1. The summed E-state index contributed by atoms with van der Waals surface area (Å²) in [7, 11) is 4.02. The number of benzene rings is 1. The molecule has 0 aromatic heterocycles. The molecule has 1 fully saturated rings. The van der Waals surface area contributed by atoms with E-state index in [1.807, 2.05) is 11.9 Å². The van der Waals surface area contributed by atoms with Crippen LogP contribution < -0.4 is 14.9 Å². The summed E-state index contributed by atoms with van der Waals surface area (Å²) < 4.78 is 14.0. The topological polar surface area (TPSA) is 47.8 Å². The van der Waals surface area contributed by atoms with Crippen molar-refractivity contribution in [3.8, 4) is 0 Å². The van der Waals surface area contributed by atoms with Gasteiger partial charge in [0.1, 0.15) is 5.82 Å². The first-order chi connectivity index (χ1) is 8.99. The Morgan fingerprint density at radius 2 is 2.05 bits per heavy atom. The first-order valence-corrected chi connectivity index (χ1v) is 6.54. The van der Waals surface area contributed by atoms with Crippen LogP contribution in [0.1, 0.15) is 23.2 Å². The van der Waals surface area contributed by atoms with Crippen LogP contribution in [0.2, 0.25) is 0 Å². The largest absolute Gasteiger partial charge is 0.545 e. The van der Waals surface area contributed by atoms with E-state index < -0.39 is 11.8 Å². The number of rotatable bonds is 3. The van der Waals surface area contributed by atoms with Crippen molar-refractivity contribution in [3.05, 3.63) is 29.6 Å². The second kappa shape index (κ2) is 5.57. The van der Waals surface area contributed by atoms with E-state index in [0.29, 0.717) is 11.7 Å². The number of likely N-dealkylation sites (tertiary alicyclic amines) is 1. The van der Waals surface area contributed by atoms with Gasteiger partial charge < -0.3 is 19.7 Å². The molecule has 1 heterocycles. The minimum atomic E-state index is -1.35. The lowest BCUT2D eigenvalue weighted by Crippen LogP contribution is -3.10. The molecule has 19 heavy (non-hydrogen) atoms. The van der Waals surface area contributed by atoms with Crippen LogP contribution in [0, 0.1) is 5.82 Å². The Labute approximate surface area is 112 Å². The lowest BCUT2D eigenvalue weighted by molar-refractivity contribution is -0.884.